The molecule has 5 nitrogen and oxygen atoms in total. The summed E-state index contributed by atoms with van der Waals surface area (Å²) < 4.78 is 14.2. The van der Waals surface area contributed by atoms with Crippen molar-refractivity contribution >= 4 is 28.0 Å². The minimum absolute atomic E-state index is 0.0446. The lowest BCUT2D eigenvalue weighted by molar-refractivity contribution is 0.315. The van der Waals surface area contributed by atoms with E-state index >= 15 is 0 Å². The first kappa shape index (κ1) is 21.9. The van der Waals surface area contributed by atoms with E-state index in [9.17, 15) is 4.39 Å². The Morgan fingerprint density at radius 2 is 1.79 bits per heavy atom. The van der Waals surface area contributed by atoms with Crippen LogP contribution >= 0.6 is 0 Å². The van der Waals surface area contributed by atoms with Crippen LogP contribution in [0.25, 0.3) is 22.0 Å². The number of hydrogen-bond donors (Lipinski definition) is 1. The van der Waals surface area contributed by atoms with Gasteiger partial charge in [0.2, 0.25) is 0 Å². The van der Waals surface area contributed by atoms with Gasteiger partial charge in [-0.05, 0) is 86.2 Å². The Bertz CT molecular complexity index is 1370. The Balaban J connectivity index is 1.40. The number of pyridine rings is 1. The van der Waals surface area contributed by atoms with Crippen LogP contribution in [0.5, 0.6) is 0 Å². The smallest absolute Gasteiger partial charge is 0.141 e. The summed E-state index contributed by atoms with van der Waals surface area (Å²) in [6.07, 6.45) is 2.97. The summed E-state index contributed by atoms with van der Waals surface area (Å²) in [6.45, 7) is 2.12. The molecule has 4 aromatic rings. The average Bonchev–Trinajstić information content (AvgIpc) is 3.35. The molecule has 0 radical (unpaired) electrons. The van der Waals surface area contributed by atoms with E-state index in [1.165, 1.54) is 24.2 Å². The first-order valence-electron chi connectivity index (χ1n) is 11.4. The maximum absolute atomic E-state index is 14.2. The highest BCUT2D eigenvalue weighted by Gasteiger charge is 2.23. The van der Waals surface area contributed by atoms with Crippen LogP contribution in [-0.4, -0.2) is 43.1 Å². The molecule has 34 heavy (non-hydrogen) atoms. The molecule has 1 aromatic heterocycles. The molecule has 1 fully saturated rings. The molecule has 3 aromatic carbocycles. The van der Waals surface area contributed by atoms with E-state index in [0.29, 0.717) is 6.04 Å². The molecular weight excluding hydrogens is 425 g/mol. The summed E-state index contributed by atoms with van der Waals surface area (Å²) in [4.78, 5) is 9.21. The van der Waals surface area contributed by atoms with Crippen LogP contribution in [0, 0.1) is 17.1 Å². The normalized spacial score (nSPS) is 15.6. The van der Waals surface area contributed by atoms with Gasteiger partial charge in [0, 0.05) is 47.8 Å². The molecule has 0 spiro atoms. The SMILES string of the molecule is CN(C)C1CCN(c2ccc(Nc3ccnc4ccc(-c5ccc(C#N)c(F)c5)cc34)cc2)C1. The number of hydrogen-bond acceptors (Lipinski definition) is 5. The first-order chi connectivity index (χ1) is 16.5. The molecule has 1 aliphatic heterocycles. The molecule has 0 saturated carbocycles. The number of rotatable bonds is 5. The molecule has 1 N–H and O–H groups in total. The minimum atomic E-state index is -0.514. The summed E-state index contributed by atoms with van der Waals surface area (Å²) >= 11 is 0. The lowest BCUT2D eigenvalue weighted by atomic mass is 10.0. The van der Waals surface area contributed by atoms with E-state index in [0.717, 1.165) is 46.5 Å². The zero-order valence-electron chi connectivity index (χ0n) is 19.3. The van der Waals surface area contributed by atoms with E-state index in [1.807, 2.05) is 30.3 Å². The number of anilines is 3. The van der Waals surface area contributed by atoms with Crippen molar-refractivity contribution in [1.29, 1.82) is 5.26 Å². The van der Waals surface area contributed by atoms with Gasteiger partial charge in [-0.3, -0.25) is 4.98 Å². The van der Waals surface area contributed by atoms with Gasteiger partial charge < -0.3 is 15.1 Å². The summed E-state index contributed by atoms with van der Waals surface area (Å²) in [5.41, 5.74) is 5.65. The van der Waals surface area contributed by atoms with Crippen molar-refractivity contribution < 1.29 is 4.39 Å². The van der Waals surface area contributed by atoms with E-state index in [-0.39, 0.29) is 5.56 Å². The molecule has 6 heteroatoms. The Hall–Kier alpha value is -3.95. The Morgan fingerprint density at radius 3 is 2.50 bits per heavy atom. The molecule has 0 aliphatic carbocycles. The number of halogens is 1. The van der Waals surface area contributed by atoms with Crippen molar-refractivity contribution in [3.63, 3.8) is 0 Å². The minimum Gasteiger partial charge on any atom is -0.370 e. The quantitative estimate of drug-likeness (QED) is 0.416. The highest BCUT2D eigenvalue weighted by Crippen LogP contribution is 2.31. The second kappa shape index (κ2) is 9.12. The molecule has 0 bridgehead atoms. The van der Waals surface area contributed by atoms with E-state index in [4.69, 9.17) is 5.26 Å². The predicted octanol–water partition coefficient (Wildman–Crippen LogP) is 5.80. The third-order valence-electron chi connectivity index (χ3n) is 6.57. The fourth-order valence-corrected chi connectivity index (χ4v) is 4.53. The Morgan fingerprint density at radius 1 is 1.03 bits per heavy atom. The molecule has 1 atom stereocenters. The van der Waals surface area contributed by atoms with Gasteiger partial charge in [-0.2, -0.15) is 5.26 Å². The molecule has 0 amide bonds. The number of nitrogens with one attached hydrogen (secondary N) is 1. The number of fused-ring (bicyclic) bond motifs is 1. The molecular formula is C28H26FN5. The van der Waals surface area contributed by atoms with Crippen LogP contribution in [0.1, 0.15) is 12.0 Å². The van der Waals surface area contributed by atoms with Gasteiger partial charge in [-0.25, -0.2) is 4.39 Å². The van der Waals surface area contributed by atoms with Crippen molar-refractivity contribution in [1.82, 2.24) is 9.88 Å². The van der Waals surface area contributed by atoms with E-state index in [1.54, 1.807) is 12.3 Å². The fraction of sp³-hybridized carbons (Fsp3) is 0.214. The summed E-state index contributed by atoms with van der Waals surface area (Å²) in [5, 5.41) is 13.5. The average molecular weight is 452 g/mol. The number of nitrogens with zero attached hydrogens (tertiary/aromatic N) is 4. The van der Waals surface area contributed by atoms with Crippen molar-refractivity contribution in [3.8, 4) is 17.2 Å². The van der Waals surface area contributed by atoms with Crippen LogP contribution in [0.2, 0.25) is 0 Å². The molecule has 5 rings (SSSR count). The third-order valence-corrected chi connectivity index (χ3v) is 6.57. The monoisotopic (exact) mass is 451 g/mol. The number of nitriles is 1. The van der Waals surface area contributed by atoms with Crippen molar-refractivity contribution in [2.24, 2.45) is 0 Å². The maximum Gasteiger partial charge on any atom is 0.141 e. The van der Waals surface area contributed by atoms with Gasteiger partial charge in [0.1, 0.15) is 11.9 Å². The summed E-state index contributed by atoms with van der Waals surface area (Å²) in [5.74, 6) is -0.514. The van der Waals surface area contributed by atoms with E-state index in [2.05, 4.69) is 58.5 Å². The fourth-order valence-electron chi connectivity index (χ4n) is 4.53. The lowest BCUT2D eigenvalue weighted by Crippen LogP contribution is -2.31. The third kappa shape index (κ3) is 4.30. The Labute approximate surface area is 199 Å². The zero-order chi connectivity index (χ0) is 23.7. The largest absolute Gasteiger partial charge is 0.370 e. The van der Waals surface area contributed by atoms with Crippen molar-refractivity contribution in [3.05, 3.63) is 84.3 Å². The second-order valence-corrected chi connectivity index (χ2v) is 8.92. The highest BCUT2D eigenvalue weighted by molar-refractivity contribution is 5.95. The van der Waals surface area contributed by atoms with Gasteiger partial charge in [0.15, 0.2) is 0 Å². The standard InChI is InChI=1S/C28H26FN5/c1-33(2)24-12-14-34(18-24)23-8-6-22(7-9-23)32-28-11-13-31-27-10-5-19(15-25(27)28)20-3-4-21(17-30)26(29)16-20/h3-11,13,15-16,24H,12,14,18H2,1-2H3,(H,31,32). The van der Waals surface area contributed by atoms with E-state index < -0.39 is 5.82 Å². The van der Waals surface area contributed by atoms with Crippen LogP contribution in [0.3, 0.4) is 0 Å². The van der Waals surface area contributed by atoms with Gasteiger partial charge in [0.05, 0.1) is 11.1 Å². The zero-order valence-corrected chi connectivity index (χ0v) is 19.3. The molecule has 1 saturated heterocycles. The van der Waals surface area contributed by atoms with Crippen LogP contribution < -0.4 is 10.2 Å². The summed E-state index contributed by atoms with van der Waals surface area (Å²) in [6, 6.07) is 23.5. The number of likely N-dealkylation sites (N-methyl/N-ethyl adjacent to an activating group) is 1. The highest BCUT2D eigenvalue weighted by atomic mass is 19.1. The van der Waals surface area contributed by atoms with Crippen LogP contribution in [0.15, 0.2) is 72.9 Å². The number of benzene rings is 3. The van der Waals surface area contributed by atoms with Gasteiger partial charge in [-0.1, -0.05) is 12.1 Å². The lowest BCUT2D eigenvalue weighted by Gasteiger charge is -2.22. The number of aromatic nitrogens is 1. The van der Waals surface area contributed by atoms with Crippen molar-refractivity contribution in [2.75, 3.05) is 37.4 Å². The first-order valence-corrected chi connectivity index (χ1v) is 11.4. The Kier molecular flexibility index (Phi) is 5.87. The van der Waals surface area contributed by atoms with Crippen molar-refractivity contribution in [2.45, 2.75) is 12.5 Å². The predicted molar refractivity (Wildman–Crippen MR) is 136 cm³/mol. The molecule has 170 valence electrons. The molecule has 1 aliphatic rings. The van der Waals surface area contributed by atoms with Crippen LogP contribution in [-0.2, 0) is 0 Å². The second-order valence-electron chi connectivity index (χ2n) is 8.92. The summed E-state index contributed by atoms with van der Waals surface area (Å²) in [7, 11) is 4.28. The van der Waals surface area contributed by atoms with Gasteiger partial charge in [0.25, 0.3) is 0 Å². The maximum atomic E-state index is 14.2. The van der Waals surface area contributed by atoms with Crippen LogP contribution in [0.4, 0.5) is 21.5 Å². The molecule has 2 heterocycles. The van der Waals surface area contributed by atoms with Gasteiger partial charge in [-0.15, -0.1) is 0 Å². The van der Waals surface area contributed by atoms with Gasteiger partial charge >= 0.3 is 0 Å². The topological polar surface area (TPSA) is 55.2 Å². The molecule has 1 unspecified atom stereocenters.